The smallest absolute Gasteiger partial charge is 0.187 e. The highest BCUT2D eigenvalue weighted by Crippen LogP contribution is 2.43. The van der Waals surface area contributed by atoms with Gasteiger partial charge in [-0.2, -0.15) is 0 Å². The first-order valence-electron chi connectivity index (χ1n) is 15.4. The molecule has 4 aromatic heterocycles. The second kappa shape index (κ2) is 10.8. The maximum absolute atomic E-state index is 7.33. The topological polar surface area (TPSA) is 56.2 Å². The molecule has 0 saturated carbocycles. The number of aromatic nitrogens is 3. The van der Waals surface area contributed by atoms with E-state index in [0.29, 0.717) is 5.69 Å². The fourth-order valence-electron chi connectivity index (χ4n) is 6.58. The van der Waals surface area contributed by atoms with E-state index in [2.05, 4.69) is 75.5 Å². The van der Waals surface area contributed by atoms with Crippen LogP contribution in [-0.2, 0) is 0 Å². The Hall–Kier alpha value is -6.64. The molecule has 0 bridgehead atoms. The minimum atomic E-state index is 0.634. The number of fused-ring (bicyclic) bond motifs is 8. The number of pyridine rings is 3. The highest BCUT2D eigenvalue weighted by Gasteiger charge is 2.18. The van der Waals surface area contributed by atoms with Gasteiger partial charge in [0.25, 0.3) is 0 Å². The molecule has 0 N–H and O–H groups in total. The van der Waals surface area contributed by atoms with E-state index in [1.165, 1.54) is 0 Å². The van der Waals surface area contributed by atoms with Crippen LogP contribution < -0.4 is 0 Å². The summed E-state index contributed by atoms with van der Waals surface area (Å²) in [4.78, 5) is 17.0. The molecule has 4 heterocycles. The number of para-hydroxylation sites is 1. The number of rotatable bonds is 4. The monoisotopic (exact) mass is 600 g/mol. The number of benzene rings is 5. The molecule has 0 fully saturated rings. The van der Waals surface area contributed by atoms with Crippen molar-refractivity contribution in [3.63, 3.8) is 0 Å². The van der Waals surface area contributed by atoms with E-state index in [0.717, 1.165) is 88.3 Å². The Labute approximate surface area is 270 Å². The van der Waals surface area contributed by atoms with Gasteiger partial charge in [0, 0.05) is 52.1 Å². The van der Waals surface area contributed by atoms with Crippen molar-refractivity contribution in [2.75, 3.05) is 0 Å². The molecule has 5 aromatic carbocycles. The summed E-state index contributed by atoms with van der Waals surface area (Å²) in [6.45, 7) is 7.33. The Kier molecular flexibility index (Phi) is 6.12. The van der Waals surface area contributed by atoms with E-state index in [4.69, 9.17) is 16.0 Å². The summed E-state index contributed by atoms with van der Waals surface area (Å²) >= 11 is 0. The van der Waals surface area contributed by atoms with Crippen molar-refractivity contribution in [2.24, 2.45) is 0 Å². The van der Waals surface area contributed by atoms with Crippen LogP contribution in [0, 0.1) is 6.57 Å². The lowest BCUT2D eigenvalue weighted by atomic mass is 9.92. The van der Waals surface area contributed by atoms with Crippen molar-refractivity contribution < 1.29 is 4.42 Å². The molecule has 0 aliphatic carbocycles. The zero-order valence-electron chi connectivity index (χ0n) is 25.1. The molecule has 0 aliphatic rings. The van der Waals surface area contributed by atoms with Crippen LogP contribution in [-0.4, -0.2) is 15.0 Å². The highest BCUT2D eigenvalue weighted by atomic mass is 16.3. The van der Waals surface area contributed by atoms with Crippen LogP contribution in [0.25, 0.3) is 93.1 Å². The largest absolute Gasteiger partial charge is 0.455 e. The first-order valence-corrected chi connectivity index (χ1v) is 15.4. The Morgan fingerprint density at radius 2 is 1.04 bits per heavy atom. The number of nitrogens with zero attached hydrogens (tertiary/aromatic N) is 4. The molecule has 9 aromatic rings. The van der Waals surface area contributed by atoms with Gasteiger partial charge in [0.05, 0.1) is 18.0 Å². The van der Waals surface area contributed by atoms with Crippen LogP contribution in [0.4, 0.5) is 5.69 Å². The van der Waals surface area contributed by atoms with Gasteiger partial charge < -0.3 is 4.42 Å². The third-order valence-corrected chi connectivity index (χ3v) is 8.88. The van der Waals surface area contributed by atoms with Crippen LogP contribution in [0.15, 0.2) is 151 Å². The standard InChI is InChI=1S/C42H24N4O/c1-43-32-10-6-26(7-11-32)29-8-12-33-34-13-9-30(23-37(34)42-41(36(33)22-29)35-4-2-3-5-40(35)47-42)31-24-38(27-14-18-44-19-15-27)46-39(25-31)28-16-20-45-21-17-28/h2-25H. The van der Waals surface area contributed by atoms with Crippen molar-refractivity contribution >= 4 is 49.2 Å². The van der Waals surface area contributed by atoms with E-state index in [-0.39, 0.29) is 0 Å². The Morgan fingerprint density at radius 1 is 0.468 bits per heavy atom. The molecular weight excluding hydrogens is 576 g/mol. The lowest BCUT2D eigenvalue weighted by Gasteiger charge is -2.13. The summed E-state index contributed by atoms with van der Waals surface area (Å²) in [6, 6.07) is 41.5. The van der Waals surface area contributed by atoms with Gasteiger partial charge in [0.15, 0.2) is 5.69 Å². The first-order chi connectivity index (χ1) is 23.2. The molecule has 0 saturated heterocycles. The maximum Gasteiger partial charge on any atom is 0.187 e. The first kappa shape index (κ1) is 26.7. The predicted octanol–water partition coefficient (Wildman–Crippen LogP) is 11.3. The molecule has 0 unspecified atom stereocenters. The normalized spacial score (nSPS) is 11.4. The predicted molar refractivity (Wildman–Crippen MR) is 190 cm³/mol. The van der Waals surface area contributed by atoms with Crippen LogP contribution in [0.2, 0.25) is 0 Å². The zero-order valence-corrected chi connectivity index (χ0v) is 25.1. The summed E-state index contributed by atoms with van der Waals surface area (Å²) in [5.74, 6) is 0. The highest BCUT2D eigenvalue weighted by molar-refractivity contribution is 6.30. The van der Waals surface area contributed by atoms with Gasteiger partial charge in [-0.15, -0.1) is 0 Å². The second-order valence-corrected chi connectivity index (χ2v) is 11.6. The van der Waals surface area contributed by atoms with E-state index in [9.17, 15) is 0 Å². The van der Waals surface area contributed by atoms with E-state index in [1.54, 1.807) is 24.8 Å². The molecule has 0 radical (unpaired) electrons. The molecule has 0 aliphatic heterocycles. The lowest BCUT2D eigenvalue weighted by Crippen LogP contribution is -1.92. The van der Waals surface area contributed by atoms with Gasteiger partial charge in [-0.25, -0.2) is 9.83 Å². The van der Waals surface area contributed by atoms with Gasteiger partial charge >= 0.3 is 0 Å². The number of hydrogen-bond donors (Lipinski definition) is 0. The van der Waals surface area contributed by atoms with Gasteiger partial charge in [-0.3, -0.25) is 9.97 Å². The minimum Gasteiger partial charge on any atom is -0.455 e. The van der Waals surface area contributed by atoms with Gasteiger partial charge in [0.2, 0.25) is 0 Å². The van der Waals surface area contributed by atoms with E-state index in [1.807, 2.05) is 60.7 Å². The van der Waals surface area contributed by atoms with Crippen molar-refractivity contribution in [3.05, 3.63) is 158 Å². The molecule has 0 spiro atoms. The van der Waals surface area contributed by atoms with Gasteiger partial charge in [0.1, 0.15) is 11.2 Å². The molecular formula is C42H24N4O. The van der Waals surface area contributed by atoms with Crippen LogP contribution in [0.1, 0.15) is 0 Å². The molecule has 5 nitrogen and oxygen atoms in total. The third-order valence-electron chi connectivity index (χ3n) is 8.88. The average Bonchev–Trinajstić information content (AvgIpc) is 3.55. The summed E-state index contributed by atoms with van der Waals surface area (Å²) in [5.41, 5.74) is 10.4. The average molecular weight is 601 g/mol. The fraction of sp³-hybridized carbons (Fsp3) is 0. The minimum absolute atomic E-state index is 0.634. The fourth-order valence-corrected chi connectivity index (χ4v) is 6.58. The molecule has 218 valence electrons. The zero-order chi connectivity index (χ0) is 31.3. The van der Waals surface area contributed by atoms with Gasteiger partial charge in [-0.1, -0.05) is 66.7 Å². The molecule has 9 rings (SSSR count). The van der Waals surface area contributed by atoms with E-state index >= 15 is 0 Å². The second-order valence-electron chi connectivity index (χ2n) is 11.6. The van der Waals surface area contributed by atoms with Crippen LogP contribution >= 0.6 is 0 Å². The summed E-state index contributed by atoms with van der Waals surface area (Å²) in [6.07, 6.45) is 7.18. The van der Waals surface area contributed by atoms with Crippen molar-refractivity contribution in [2.45, 2.75) is 0 Å². The van der Waals surface area contributed by atoms with Crippen LogP contribution in [0.3, 0.4) is 0 Å². The Balaban J connectivity index is 1.30. The van der Waals surface area contributed by atoms with Crippen LogP contribution in [0.5, 0.6) is 0 Å². The maximum atomic E-state index is 7.33. The summed E-state index contributed by atoms with van der Waals surface area (Å²) in [7, 11) is 0. The number of hydrogen-bond acceptors (Lipinski definition) is 4. The molecule has 0 amide bonds. The SMILES string of the molecule is [C-]#[N+]c1ccc(-c2ccc3c4ccc(-c5cc(-c6ccncc6)nc(-c6ccncc6)c5)cc4c4oc5ccccc5c4c3c2)cc1. The van der Waals surface area contributed by atoms with Gasteiger partial charge in [-0.05, 0) is 93.0 Å². The Bertz CT molecular complexity index is 2610. The lowest BCUT2D eigenvalue weighted by molar-refractivity contribution is 0.673. The molecule has 0 atom stereocenters. The van der Waals surface area contributed by atoms with E-state index < -0.39 is 0 Å². The molecule has 5 heteroatoms. The van der Waals surface area contributed by atoms with Crippen molar-refractivity contribution in [3.8, 4) is 44.8 Å². The van der Waals surface area contributed by atoms with Crippen molar-refractivity contribution in [1.82, 2.24) is 15.0 Å². The Morgan fingerprint density at radius 3 is 1.70 bits per heavy atom. The quantitative estimate of drug-likeness (QED) is 0.149. The molecule has 47 heavy (non-hydrogen) atoms. The summed E-state index contributed by atoms with van der Waals surface area (Å²) in [5, 5.41) is 6.68. The number of furan rings is 1. The summed E-state index contributed by atoms with van der Waals surface area (Å²) < 4.78 is 6.67. The van der Waals surface area contributed by atoms with Crippen molar-refractivity contribution in [1.29, 1.82) is 0 Å². The third kappa shape index (κ3) is 4.51.